The van der Waals surface area contributed by atoms with Gasteiger partial charge in [0.1, 0.15) is 5.75 Å². The second-order valence-corrected chi connectivity index (χ2v) is 6.16. The first-order valence-corrected chi connectivity index (χ1v) is 7.56. The summed E-state index contributed by atoms with van der Waals surface area (Å²) < 4.78 is 0. The molecule has 0 amide bonds. The third-order valence-electron chi connectivity index (χ3n) is 4.55. The number of rotatable bonds is 1. The van der Waals surface area contributed by atoms with E-state index in [4.69, 9.17) is 0 Å². The van der Waals surface area contributed by atoms with Crippen molar-refractivity contribution in [2.45, 2.75) is 12.5 Å². The molecule has 114 valence electrons. The standard InChI is InChI=1S/C16H19N5O/c1-16-9-17-6-7-21(16)13-8-12(19-20-15(13)18-10-16)11-4-2-3-5-14(11)22/h2-5,8,17,22H,6-7,9-10H2,1H3,(H,18,20). The molecule has 1 atom stereocenters. The Morgan fingerprint density at radius 2 is 2.09 bits per heavy atom. The van der Waals surface area contributed by atoms with Crippen LogP contribution in [0, 0.1) is 0 Å². The molecule has 2 aliphatic heterocycles. The highest BCUT2D eigenvalue weighted by atomic mass is 16.3. The Balaban J connectivity index is 1.81. The molecule has 2 aromatic rings. The van der Waals surface area contributed by atoms with E-state index in [0.717, 1.165) is 37.7 Å². The zero-order chi connectivity index (χ0) is 15.2. The molecule has 2 aliphatic rings. The molecular formula is C16H19N5O. The summed E-state index contributed by atoms with van der Waals surface area (Å²) in [6.45, 7) is 5.93. The lowest BCUT2D eigenvalue weighted by Gasteiger charge is -2.50. The summed E-state index contributed by atoms with van der Waals surface area (Å²) in [5.74, 6) is 1.04. The maximum absolute atomic E-state index is 10.0. The zero-order valence-electron chi connectivity index (χ0n) is 12.5. The summed E-state index contributed by atoms with van der Waals surface area (Å²) in [5, 5.41) is 25.5. The first-order valence-electron chi connectivity index (χ1n) is 7.56. The van der Waals surface area contributed by atoms with Crippen LogP contribution in [0.25, 0.3) is 11.3 Å². The lowest BCUT2D eigenvalue weighted by atomic mass is 9.94. The maximum atomic E-state index is 10.0. The van der Waals surface area contributed by atoms with Crippen LogP contribution in [-0.2, 0) is 0 Å². The molecule has 1 aromatic carbocycles. The van der Waals surface area contributed by atoms with Gasteiger partial charge in [0.15, 0.2) is 5.82 Å². The molecule has 22 heavy (non-hydrogen) atoms. The van der Waals surface area contributed by atoms with Crippen LogP contribution in [-0.4, -0.2) is 47.0 Å². The summed E-state index contributed by atoms with van der Waals surface area (Å²) in [4.78, 5) is 2.40. The number of benzene rings is 1. The van der Waals surface area contributed by atoms with Crippen LogP contribution < -0.4 is 15.5 Å². The van der Waals surface area contributed by atoms with Gasteiger partial charge < -0.3 is 20.6 Å². The van der Waals surface area contributed by atoms with Crippen LogP contribution in [0.4, 0.5) is 11.5 Å². The molecule has 1 saturated heterocycles. The Bertz CT molecular complexity index is 719. The van der Waals surface area contributed by atoms with Crippen molar-refractivity contribution >= 4 is 11.5 Å². The fourth-order valence-corrected chi connectivity index (χ4v) is 3.29. The van der Waals surface area contributed by atoms with Crippen molar-refractivity contribution in [3.63, 3.8) is 0 Å². The average molecular weight is 297 g/mol. The van der Waals surface area contributed by atoms with E-state index < -0.39 is 0 Å². The van der Waals surface area contributed by atoms with Gasteiger partial charge in [0.05, 0.1) is 16.9 Å². The normalized spacial score (nSPS) is 23.4. The van der Waals surface area contributed by atoms with Crippen LogP contribution in [0.15, 0.2) is 30.3 Å². The minimum absolute atomic E-state index is 0.0320. The quantitative estimate of drug-likeness (QED) is 0.740. The first kappa shape index (κ1) is 13.3. The minimum Gasteiger partial charge on any atom is -0.507 e. The Morgan fingerprint density at radius 3 is 2.95 bits per heavy atom. The van der Waals surface area contributed by atoms with Crippen molar-refractivity contribution in [2.24, 2.45) is 0 Å². The van der Waals surface area contributed by atoms with Crippen LogP contribution >= 0.6 is 0 Å². The van der Waals surface area contributed by atoms with E-state index in [-0.39, 0.29) is 11.3 Å². The molecule has 1 aromatic heterocycles. The topological polar surface area (TPSA) is 73.3 Å². The van der Waals surface area contributed by atoms with Gasteiger partial charge in [-0.25, -0.2) is 0 Å². The number of aromatic nitrogens is 2. The van der Waals surface area contributed by atoms with Gasteiger partial charge in [0.2, 0.25) is 0 Å². The molecule has 0 radical (unpaired) electrons. The number of nitrogens with zero attached hydrogens (tertiary/aromatic N) is 3. The number of phenolic OH excluding ortho intramolecular Hbond substituents is 1. The van der Waals surface area contributed by atoms with Gasteiger partial charge in [-0.3, -0.25) is 0 Å². The molecule has 3 heterocycles. The molecule has 0 bridgehead atoms. The van der Waals surface area contributed by atoms with Crippen LogP contribution in [0.1, 0.15) is 6.92 Å². The van der Waals surface area contributed by atoms with Gasteiger partial charge in [-0.1, -0.05) is 12.1 Å². The Labute approximate surface area is 129 Å². The minimum atomic E-state index is 0.0320. The fraction of sp³-hybridized carbons (Fsp3) is 0.375. The van der Waals surface area contributed by atoms with Crippen LogP contribution in [0.2, 0.25) is 0 Å². The number of nitrogens with one attached hydrogen (secondary N) is 2. The van der Waals surface area contributed by atoms with Gasteiger partial charge in [-0.2, -0.15) is 0 Å². The van der Waals surface area contributed by atoms with E-state index in [0.29, 0.717) is 11.3 Å². The largest absolute Gasteiger partial charge is 0.507 e. The molecule has 1 fully saturated rings. The van der Waals surface area contributed by atoms with Gasteiger partial charge in [-0.05, 0) is 25.1 Å². The van der Waals surface area contributed by atoms with Gasteiger partial charge in [0.25, 0.3) is 0 Å². The van der Waals surface area contributed by atoms with Crippen LogP contribution in [0.3, 0.4) is 0 Å². The molecule has 1 unspecified atom stereocenters. The number of fused-ring (bicyclic) bond motifs is 3. The van der Waals surface area contributed by atoms with Crippen molar-refractivity contribution in [3.8, 4) is 17.0 Å². The van der Waals surface area contributed by atoms with Gasteiger partial charge >= 0.3 is 0 Å². The first-order chi connectivity index (χ1) is 10.7. The van der Waals surface area contributed by atoms with Gasteiger partial charge in [-0.15, -0.1) is 10.2 Å². The summed E-state index contributed by atoms with van der Waals surface area (Å²) in [7, 11) is 0. The Hall–Kier alpha value is -2.34. The predicted molar refractivity (Wildman–Crippen MR) is 86.2 cm³/mol. The number of anilines is 2. The predicted octanol–water partition coefficient (Wildman–Crippen LogP) is 1.44. The maximum Gasteiger partial charge on any atom is 0.172 e. The number of phenols is 1. The summed E-state index contributed by atoms with van der Waals surface area (Å²) in [6, 6.07) is 9.25. The van der Waals surface area contributed by atoms with E-state index in [1.54, 1.807) is 12.1 Å². The third-order valence-corrected chi connectivity index (χ3v) is 4.55. The van der Waals surface area contributed by atoms with E-state index in [1.807, 2.05) is 18.2 Å². The van der Waals surface area contributed by atoms with E-state index in [2.05, 4.69) is 32.7 Å². The second kappa shape index (κ2) is 4.84. The number of para-hydroxylation sites is 1. The Kier molecular flexibility index (Phi) is 2.94. The smallest absolute Gasteiger partial charge is 0.172 e. The molecule has 6 heteroatoms. The number of hydrogen-bond acceptors (Lipinski definition) is 6. The number of piperazine rings is 1. The lowest BCUT2D eigenvalue weighted by molar-refractivity contribution is 0.360. The van der Waals surface area contributed by atoms with E-state index in [9.17, 15) is 5.11 Å². The van der Waals surface area contributed by atoms with Crippen molar-refractivity contribution < 1.29 is 5.11 Å². The highest BCUT2D eigenvalue weighted by Gasteiger charge is 2.39. The molecule has 0 spiro atoms. The van der Waals surface area contributed by atoms with Crippen molar-refractivity contribution in [1.29, 1.82) is 0 Å². The van der Waals surface area contributed by atoms with Crippen molar-refractivity contribution in [1.82, 2.24) is 15.5 Å². The van der Waals surface area contributed by atoms with Gasteiger partial charge in [0, 0.05) is 31.7 Å². The monoisotopic (exact) mass is 297 g/mol. The average Bonchev–Trinajstić information content (AvgIpc) is 2.54. The van der Waals surface area contributed by atoms with Crippen molar-refractivity contribution in [3.05, 3.63) is 30.3 Å². The summed E-state index contributed by atoms with van der Waals surface area (Å²) in [6.07, 6.45) is 0. The molecule has 3 N–H and O–H groups in total. The van der Waals surface area contributed by atoms with E-state index >= 15 is 0 Å². The molecular weight excluding hydrogens is 278 g/mol. The van der Waals surface area contributed by atoms with E-state index in [1.165, 1.54) is 0 Å². The number of aromatic hydroxyl groups is 1. The molecule has 0 saturated carbocycles. The zero-order valence-corrected chi connectivity index (χ0v) is 12.5. The summed E-state index contributed by atoms with van der Waals surface area (Å²) >= 11 is 0. The highest BCUT2D eigenvalue weighted by Crippen LogP contribution is 2.38. The highest BCUT2D eigenvalue weighted by molar-refractivity contribution is 5.77. The number of hydrogen-bond donors (Lipinski definition) is 3. The lowest BCUT2D eigenvalue weighted by Crippen LogP contribution is -2.65. The summed E-state index contributed by atoms with van der Waals surface area (Å²) in [5.41, 5.74) is 2.50. The molecule has 4 rings (SSSR count). The Morgan fingerprint density at radius 1 is 1.23 bits per heavy atom. The molecule has 6 nitrogen and oxygen atoms in total. The van der Waals surface area contributed by atoms with Crippen LogP contribution in [0.5, 0.6) is 5.75 Å². The molecule has 0 aliphatic carbocycles. The fourth-order valence-electron chi connectivity index (χ4n) is 3.29. The van der Waals surface area contributed by atoms with Crippen molar-refractivity contribution in [2.75, 3.05) is 36.4 Å². The SMILES string of the molecule is CC12CNCCN1c1cc(-c3ccccc3O)nnc1NC2. The second-order valence-electron chi connectivity index (χ2n) is 6.16. The third kappa shape index (κ3) is 1.99.